The first-order chi connectivity index (χ1) is 11.9. The van der Waals surface area contributed by atoms with Crippen molar-refractivity contribution in [3.05, 3.63) is 58.1 Å². The van der Waals surface area contributed by atoms with E-state index in [-0.39, 0.29) is 6.61 Å². The summed E-state index contributed by atoms with van der Waals surface area (Å²) in [7, 11) is 0. The Labute approximate surface area is 156 Å². The molecule has 0 aliphatic carbocycles. The summed E-state index contributed by atoms with van der Waals surface area (Å²) in [4.78, 5) is 25.2. The zero-order chi connectivity index (χ0) is 18.4. The van der Waals surface area contributed by atoms with Gasteiger partial charge in [0.25, 0.3) is 5.91 Å². The van der Waals surface area contributed by atoms with Crippen LogP contribution in [0.25, 0.3) is 0 Å². The number of hydrogen-bond donors (Lipinski definition) is 1. The topological polar surface area (TPSA) is 55.4 Å². The van der Waals surface area contributed by atoms with E-state index in [0.717, 1.165) is 21.8 Å². The minimum atomic E-state index is -0.515. The Balaban J connectivity index is 2.00. The van der Waals surface area contributed by atoms with Crippen LogP contribution >= 0.6 is 23.4 Å². The molecule has 0 saturated carbocycles. The molecule has 0 aliphatic rings. The maximum absolute atomic E-state index is 12.2. The van der Waals surface area contributed by atoms with Gasteiger partial charge in [-0.05, 0) is 48.9 Å². The molecule has 0 radical (unpaired) electrons. The van der Waals surface area contributed by atoms with Crippen LogP contribution in [0.4, 0.5) is 5.69 Å². The Morgan fingerprint density at radius 1 is 1.20 bits per heavy atom. The lowest BCUT2D eigenvalue weighted by Gasteiger charge is -2.12. The highest BCUT2D eigenvalue weighted by atomic mass is 35.5. The second kappa shape index (κ2) is 8.92. The Morgan fingerprint density at radius 2 is 1.92 bits per heavy atom. The van der Waals surface area contributed by atoms with Crippen molar-refractivity contribution in [3.63, 3.8) is 0 Å². The van der Waals surface area contributed by atoms with Crippen LogP contribution in [0.15, 0.2) is 41.3 Å². The van der Waals surface area contributed by atoms with Crippen LogP contribution in [0.3, 0.4) is 0 Å². The molecular weight excluding hydrogens is 358 g/mol. The van der Waals surface area contributed by atoms with Crippen molar-refractivity contribution in [2.24, 2.45) is 0 Å². The second-order valence-corrected chi connectivity index (χ2v) is 7.21. The Hall–Kier alpha value is -1.98. The third kappa shape index (κ3) is 5.25. The van der Waals surface area contributed by atoms with Crippen LogP contribution in [0.5, 0.6) is 0 Å². The lowest BCUT2D eigenvalue weighted by molar-refractivity contribution is -0.119. The highest BCUT2D eigenvalue weighted by molar-refractivity contribution is 7.99. The van der Waals surface area contributed by atoms with E-state index >= 15 is 0 Å². The van der Waals surface area contributed by atoms with Crippen molar-refractivity contribution < 1.29 is 14.3 Å². The molecule has 2 aromatic carbocycles. The van der Waals surface area contributed by atoms with Gasteiger partial charge < -0.3 is 10.1 Å². The van der Waals surface area contributed by atoms with Gasteiger partial charge in [0.05, 0.1) is 16.3 Å². The summed E-state index contributed by atoms with van der Waals surface area (Å²) in [5.74, 6) is -0.100. The average molecular weight is 378 g/mol. The van der Waals surface area contributed by atoms with Crippen molar-refractivity contribution in [1.29, 1.82) is 0 Å². The van der Waals surface area contributed by atoms with Gasteiger partial charge >= 0.3 is 5.97 Å². The normalized spacial score (nSPS) is 10.4. The van der Waals surface area contributed by atoms with Gasteiger partial charge in [-0.25, -0.2) is 4.79 Å². The van der Waals surface area contributed by atoms with E-state index in [4.69, 9.17) is 16.3 Å². The minimum Gasteiger partial charge on any atom is -0.452 e. The van der Waals surface area contributed by atoms with Gasteiger partial charge in [-0.3, -0.25) is 4.79 Å². The van der Waals surface area contributed by atoms with E-state index in [9.17, 15) is 9.59 Å². The number of aryl methyl sites for hydroxylation is 2. The van der Waals surface area contributed by atoms with Gasteiger partial charge in [-0.1, -0.05) is 36.7 Å². The molecule has 4 nitrogen and oxygen atoms in total. The third-order valence-corrected chi connectivity index (χ3v) is 4.69. The molecule has 6 heteroatoms. The molecule has 0 saturated heterocycles. The van der Waals surface area contributed by atoms with Gasteiger partial charge in [0.2, 0.25) is 0 Å². The van der Waals surface area contributed by atoms with Crippen molar-refractivity contribution >= 4 is 40.9 Å². The van der Waals surface area contributed by atoms with Crippen molar-refractivity contribution in [3.8, 4) is 0 Å². The summed E-state index contributed by atoms with van der Waals surface area (Å²) in [6.07, 6.45) is 0. The highest BCUT2D eigenvalue weighted by Gasteiger charge is 2.15. The zero-order valence-electron chi connectivity index (χ0n) is 14.4. The van der Waals surface area contributed by atoms with E-state index in [0.29, 0.717) is 16.3 Å². The molecular formula is C19H20ClNO3S. The summed E-state index contributed by atoms with van der Waals surface area (Å²) in [5.41, 5.74) is 2.87. The number of anilines is 1. The molecule has 0 heterocycles. The SMILES string of the molecule is CCSc1ccccc1C(=O)OCC(=O)Nc1c(C)cc(C)cc1Cl. The first kappa shape index (κ1) is 19.3. The monoisotopic (exact) mass is 377 g/mol. The van der Waals surface area contributed by atoms with Crippen LogP contribution in [0, 0.1) is 13.8 Å². The van der Waals surface area contributed by atoms with Gasteiger partial charge in [-0.15, -0.1) is 11.8 Å². The maximum atomic E-state index is 12.2. The number of carbonyl (C=O) groups is 2. The fourth-order valence-corrected chi connectivity index (χ4v) is 3.54. The number of nitrogens with one attached hydrogen (secondary N) is 1. The number of amides is 1. The van der Waals surface area contributed by atoms with Crippen LogP contribution in [0.1, 0.15) is 28.4 Å². The second-order valence-electron chi connectivity index (χ2n) is 5.49. The molecule has 0 atom stereocenters. The number of thioether (sulfide) groups is 1. The molecule has 0 aromatic heterocycles. The number of halogens is 1. The molecule has 2 aromatic rings. The lowest BCUT2D eigenvalue weighted by atomic mass is 10.1. The van der Waals surface area contributed by atoms with Gasteiger partial charge in [0.15, 0.2) is 6.61 Å². The average Bonchev–Trinajstić information content (AvgIpc) is 2.56. The molecule has 0 spiro atoms. The van der Waals surface area contributed by atoms with Crippen molar-refractivity contribution in [1.82, 2.24) is 0 Å². The van der Waals surface area contributed by atoms with Gasteiger partial charge in [-0.2, -0.15) is 0 Å². The summed E-state index contributed by atoms with van der Waals surface area (Å²) in [5, 5.41) is 3.16. The maximum Gasteiger partial charge on any atom is 0.339 e. The zero-order valence-corrected chi connectivity index (χ0v) is 16.0. The quantitative estimate of drug-likeness (QED) is 0.576. The number of benzene rings is 2. The van der Waals surface area contributed by atoms with Crippen LogP contribution in [0.2, 0.25) is 5.02 Å². The number of rotatable bonds is 6. The van der Waals surface area contributed by atoms with E-state index in [1.807, 2.05) is 39.0 Å². The number of esters is 1. The number of carbonyl (C=O) groups excluding carboxylic acids is 2. The molecule has 0 unspecified atom stereocenters. The Bertz CT molecular complexity index is 769. The third-order valence-electron chi connectivity index (χ3n) is 3.44. The number of hydrogen-bond acceptors (Lipinski definition) is 4. The largest absolute Gasteiger partial charge is 0.452 e. The highest BCUT2D eigenvalue weighted by Crippen LogP contribution is 2.27. The summed E-state index contributed by atoms with van der Waals surface area (Å²) < 4.78 is 5.15. The molecule has 25 heavy (non-hydrogen) atoms. The van der Waals surface area contributed by atoms with Gasteiger partial charge in [0, 0.05) is 4.90 Å². The molecule has 1 amide bonds. The fourth-order valence-electron chi connectivity index (χ4n) is 2.38. The predicted molar refractivity (Wildman–Crippen MR) is 103 cm³/mol. The van der Waals surface area contributed by atoms with E-state index in [2.05, 4.69) is 5.32 Å². The molecule has 2 rings (SSSR count). The molecule has 0 aliphatic heterocycles. The van der Waals surface area contributed by atoms with Crippen LogP contribution in [-0.2, 0) is 9.53 Å². The van der Waals surface area contributed by atoms with E-state index < -0.39 is 11.9 Å². The smallest absolute Gasteiger partial charge is 0.339 e. The minimum absolute atomic E-state index is 0.367. The van der Waals surface area contributed by atoms with Crippen LogP contribution in [-0.4, -0.2) is 24.2 Å². The predicted octanol–water partition coefficient (Wildman–Crippen LogP) is 4.86. The molecule has 1 N–H and O–H groups in total. The van der Waals surface area contributed by atoms with Crippen molar-refractivity contribution in [2.45, 2.75) is 25.7 Å². The summed E-state index contributed by atoms with van der Waals surface area (Å²) >= 11 is 7.72. The fraction of sp³-hybridized carbons (Fsp3) is 0.263. The Morgan fingerprint density at radius 3 is 2.60 bits per heavy atom. The lowest BCUT2D eigenvalue weighted by Crippen LogP contribution is -2.21. The van der Waals surface area contributed by atoms with E-state index in [1.54, 1.807) is 30.0 Å². The first-order valence-corrected chi connectivity index (χ1v) is 9.24. The summed E-state index contributed by atoms with van der Waals surface area (Å²) in [6, 6.07) is 10.9. The van der Waals surface area contributed by atoms with Gasteiger partial charge in [0.1, 0.15) is 0 Å². The van der Waals surface area contributed by atoms with Crippen molar-refractivity contribution in [2.75, 3.05) is 17.7 Å². The summed E-state index contributed by atoms with van der Waals surface area (Å²) in [6.45, 7) is 5.43. The molecule has 132 valence electrons. The Kier molecular flexibility index (Phi) is 6.91. The standard InChI is InChI=1S/C19H20ClNO3S/c1-4-25-16-8-6-5-7-14(16)19(23)24-11-17(22)21-18-13(3)9-12(2)10-15(18)20/h5-10H,4,11H2,1-3H3,(H,21,22). The first-order valence-electron chi connectivity index (χ1n) is 7.88. The van der Waals surface area contributed by atoms with E-state index in [1.165, 1.54) is 0 Å². The molecule has 0 bridgehead atoms. The molecule has 0 fully saturated rings. The number of ether oxygens (including phenoxy) is 1. The van der Waals surface area contributed by atoms with Crippen LogP contribution < -0.4 is 5.32 Å².